The molecule has 2 bridgehead atoms. The first-order valence-electron chi connectivity index (χ1n) is 8.01. The summed E-state index contributed by atoms with van der Waals surface area (Å²) in [5.41, 5.74) is 6.67. The fraction of sp³-hybridized carbons (Fsp3) is 0.588. The minimum atomic E-state index is -0.623. The molecule has 3 rings (SSSR count). The normalized spacial score (nSPS) is 30.9. The second kappa shape index (κ2) is 6.32. The molecule has 120 valence electrons. The zero-order chi connectivity index (χ0) is 15.7. The van der Waals surface area contributed by atoms with E-state index in [1.807, 2.05) is 0 Å². The molecule has 1 amide bonds. The maximum absolute atomic E-state index is 13.1. The highest BCUT2D eigenvalue weighted by molar-refractivity contribution is 5.78. The Labute approximate surface area is 129 Å². The average molecular weight is 308 g/mol. The molecule has 0 aromatic heterocycles. The Kier molecular flexibility index (Phi) is 4.43. The lowest BCUT2D eigenvalue weighted by atomic mass is 9.65. The van der Waals surface area contributed by atoms with Crippen LogP contribution in [0.4, 0.5) is 8.78 Å². The van der Waals surface area contributed by atoms with Gasteiger partial charge in [-0.1, -0.05) is 6.42 Å². The predicted octanol–water partition coefficient (Wildman–Crippen LogP) is 2.73. The molecule has 2 fully saturated rings. The van der Waals surface area contributed by atoms with E-state index in [1.54, 1.807) is 0 Å². The molecule has 2 saturated carbocycles. The first kappa shape index (κ1) is 15.4. The van der Waals surface area contributed by atoms with Crippen molar-refractivity contribution in [1.82, 2.24) is 5.32 Å². The van der Waals surface area contributed by atoms with Crippen molar-refractivity contribution in [2.45, 2.75) is 44.7 Å². The minimum absolute atomic E-state index is 0.0199. The van der Waals surface area contributed by atoms with E-state index in [4.69, 9.17) is 5.73 Å². The Morgan fingerprint density at radius 1 is 1.14 bits per heavy atom. The van der Waals surface area contributed by atoms with Gasteiger partial charge in [0.15, 0.2) is 0 Å². The number of amides is 1. The molecule has 5 heteroatoms. The van der Waals surface area contributed by atoms with E-state index in [2.05, 4.69) is 5.32 Å². The summed E-state index contributed by atoms with van der Waals surface area (Å²) in [5, 5.41) is 2.81. The van der Waals surface area contributed by atoms with E-state index >= 15 is 0 Å². The van der Waals surface area contributed by atoms with Gasteiger partial charge in [0.25, 0.3) is 0 Å². The maximum Gasteiger partial charge on any atom is 0.223 e. The fourth-order valence-corrected chi connectivity index (χ4v) is 4.05. The van der Waals surface area contributed by atoms with Crippen LogP contribution in [0.5, 0.6) is 0 Å². The zero-order valence-electron chi connectivity index (χ0n) is 12.5. The summed E-state index contributed by atoms with van der Waals surface area (Å²) in [6.07, 6.45) is 5.09. The van der Waals surface area contributed by atoms with Crippen molar-refractivity contribution in [3.05, 3.63) is 35.4 Å². The number of carbonyl (C=O) groups is 1. The Balaban J connectivity index is 1.58. The SMILES string of the molecule is NC1C2CCCC1CC(C(=O)NCc1cc(F)cc(F)c1)C2. The van der Waals surface area contributed by atoms with Gasteiger partial charge in [-0.15, -0.1) is 0 Å². The smallest absolute Gasteiger partial charge is 0.223 e. The van der Waals surface area contributed by atoms with E-state index in [-0.39, 0.29) is 24.4 Å². The number of nitrogens with one attached hydrogen (secondary N) is 1. The number of hydrogen-bond acceptors (Lipinski definition) is 2. The highest BCUT2D eigenvalue weighted by Gasteiger charge is 2.40. The number of nitrogens with two attached hydrogens (primary N) is 1. The topological polar surface area (TPSA) is 55.1 Å². The quantitative estimate of drug-likeness (QED) is 0.902. The molecule has 2 atom stereocenters. The van der Waals surface area contributed by atoms with Crippen molar-refractivity contribution in [3.8, 4) is 0 Å². The predicted molar refractivity (Wildman–Crippen MR) is 79.7 cm³/mol. The summed E-state index contributed by atoms with van der Waals surface area (Å²) < 4.78 is 26.3. The Morgan fingerprint density at radius 3 is 2.32 bits per heavy atom. The van der Waals surface area contributed by atoms with Crippen LogP contribution in [0.15, 0.2) is 18.2 Å². The summed E-state index contributed by atoms with van der Waals surface area (Å²) in [6.45, 7) is 0.158. The number of fused-ring (bicyclic) bond motifs is 2. The minimum Gasteiger partial charge on any atom is -0.352 e. The largest absolute Gasteiger partial charge is 0.352 e. The lowest BCUT2D eigenvalue weighted by molar-refractivity contribution is -0.128. The first-order chi connectivity index (χ1) is 10.5. The highest BCUT2D eigenvalue weighted by atomic mass is 19.1. The molecule has 2 aliphatic rings. The summed E-state index contributed by atoms with van der Waals surface area (Å²) in [7, 11) is 0. The lowest BCUT2D eigenvalue weighted by Gasteiger charge is -2.43. The Hall–Kier alpha value is -1.49. The average Bonchev–Trinajstić information content (AvgIpc) is 2.43. The van der Waals surface area contributed by atoms with Crippen LogP contribution < -0.4 is 11.1 Å². The molecule has 3 N–H and O–H groups in total. The molecule has 2 aliphatic carbocycles. The monoisotopic (exact) mass is 308 g/mol. The summed E-state index contributed by atoms with van der Waals surface area (Å²) in [6, 6.07) is 3.55. The van der Waals surface area contributed by atoms with Gasteiger partial charge in [0.2, 0.25) is 5.91 Å². The molecule has 0 heterocycles. The van der Waals surface area contributed by atoms with Crippen molar-refractivity contribution in [3.63, 3.8) is 0 Å². The number of carbonyl (C=O) groups excluding carboxylic acids is 1. The van der Waals surface area contributed by atoms with E-state index in [0.717, 1.165) is 31.7 Å². The van der Waals surface area contributed by atoms with Gasteiger partial charge in [0.05, 0.1) is 0 Å². The number of hydrogen-bond donors (Lipinski definition) is 2. The van der Waals surface area contributed by atoms with E-state index in [9.17, 15) is 13.6 Å². The number of rotatable bonds is 3. The van der Waals surface area contributed by atoms with Crippen molar-refractivity contribution in [1.29, 1.82) is 0 Å². The lowest BCUT2D eigenvalue weighted by Crippen LogP contribution is -2.49. The van der Waals surface area contributed by atoms with Crippen LogP contribution in [0.2, 0.25) is 0 Å². The zero-order valence-corrected chi connectivity index (χ0v) is 12.5. The van der Waals surface area contributed by atoms with Crippen molar-refractivity contribution < 1.29 is 13.6 Å². The number of benzene rings is 1. The van der Waals surface area contributed by atoms with Crippen LogP contribution in [0.1, 0.15) is 37.7 Å². The molecular formula is C17H22F2N2O. The molecule has 0 spiro atoms. The van der Waals surface area contributed by atoms with Gasteiger partial charge >= 0.3 is 0 Å². The van der Waals surface area contributed by atoms with E-state index in [1.165, 1.54) is 18.6 Å². The molecular weight excluding hydrogens is 286 g/mol. The van der Waals surface area contributed by atoms with Gasteiger partial charge in [-0.25, -0.2) is 8.78 Å². The van der Waals surface area contributed by atoms with Crippen LogP contribution in [0.25, 0.3) is 0 Å². The molecule has 0 aliphatic heterocycles. The van der Waals surface area contributed by atoms with Crippen LogP contribution in [-0.2, 0) is 11.3 Å². The fourth-order valence-electron chi connectivity index (χ4n) is 4.05. The van der Waals surface area contributed by atoms with Crippen LogP contribution in [-0.4, -0.2) is 11.9 Å². The molecule has 3 nitrogen and oxygen atoms in total. The van der Waals surface area contributed by atoms with Crippen LogP contribution in [0.3, 0.4) is 0 Å². The van der Waals surface area contributed by atoms with E-state index in [0.29, 0.717) is 17.4 Å². The van der Waals surface area contributed by atoms with Gasteiger partial charge in [-0.05, 0) is 55.2 Å². The summed E-state index contributed by atoms with van der Waals surface area (Å²) in [4.78, 5) is 12.3. The number of halogens is 2. The van der Waals surface area contributed by atoms with Crippen molar-refractivity contribution >= 4 is 5.91 Å². The highest BCUT2D eigenvalue weighted by Crippen LogP contribution is 2.41. The third-order valence-electron chi connectivity index (χ3n) is 5.17. The van der Waals surface area contributed by atoms with E-state index < -0.39 is 11.6 Å². The maximum atomic E-state index is 13.1. The molecule has 0 radical (unpaired) electrons. The Morgan fingerprint density at radius 2 is 1.73 bits per heavy atom. The first-order valence-corrected chi connectivity index (χ1v) is 8.01. The summed E-state index contributed by atoms with van der Waals surface area (Å²) in [5.74, 6) is -0.406. The van der Waals surface area contributed by atoms with Crippen LogP contribution >= 0.6 is 0 Å². The van der Waals surface area contributed by atoms with Crippen LogP contribution in [0, 0.1) is 29.4 Å². The van der Waals surface area contributed by atoms with Gasteiger partial charge in [-0.3, -0.25) is 4.79 Å². The molecule has 1 aromatic carbocycles. The summed E-state index contributed by atoms with van der Waals surface area (Å²) >= 11 is 0. The standard InChI is InChI=1S/C17H22F2N2O/c18-14-4-10(5-15(19)8-14)9-21-17(22)13-6-11-2-1-3-12(7-13)16(11)20/h4-5,8,11-13,16H,1-3,6-7,9,20H2,(H,21,22). The van der Waals surface area contributed by atoms with Gasteiger partial charge in [-0.2, -0.15) is 0 Å². The third-order valence-corrected chi connectivity index (χ3v) is 5.17. The van der Waals surface area contributed by atoms with Gasteiger partial charge in [0, 0.05) is 24.6 Å². The van der Waals surface area contributed by atoms with Gasteiger partial charge in [0.1, 0.15) is 11.6 Å². The third kappa shape index (κ3) is 3.29. The molecule has 0 saturated heterocycles. The van der Waals surface area contributed by atoms with Gasteiger partial charge < -0.3 is 11.1 Å². The molecule has 2 unspecified atom stereocenters. The molecule has 1 aromatic rings. The Bertz CT molecular complexity index is 529. The second-order valence-corrected chi connectivity index (χ2v) is 6.69. The molecule has 22 heavy (non-hydrogen) atoms. The van der Waals surface area contributed by atoms with Crippen molar-refractivity contribution in [2.24, 2.45) is 23.5 Å². The van der Waals surface area contributed by atoms with Crippen molar-refractivity contribution in [2.75, 3.05) is 0 Å². The second-order valence-electron chi connectivity index (χ2n) is 6.69.